The summed E-state index contributed by atoms with van der Waals surface area (Å²) in [6.07, 6.45) is 0.197. The molecule has 1 unspecified atom stereocenters. The molecule has 0 bridgehead atoms. The van der Waals surface area contributed by atoms with Crippen molar-refractivity contribution in [1.29, 1.82) is 0 Å². The number of rotatable bonds is 6. The Kier molecular flexibility index (Phi) is 4.80. The molecule has 2 amide bonds. The van der Waals surface area contributed by atoms with Crippen LogP contribution in [0, 0.1) is 0 Å². The Morgan fingerprint density at radius 2 is 2.14 bits per heavy atom. The van der Waals surface area contributed by atoms with E-state index in [9.17, 15) is 9.59 Å². The molecule has 21 heavy (non-hydrogen) atoms. The Labute approximate surface area is 124 Å². The number of likely N-dealkylation sites (N-methyl/N-ethyl adjacent to an activating group) is 1. The van der Waals surface area contributed by atoms with Crippen LogP contribution in [0.3, 0.4) is 0 Å². The van der Waals surface area contributed by atoms with Crippen LogP contribution in [0.25, 0.3) is 0 Å². The van der Waals surface area contributed by atoms with E-state index in [1.165, 1.54) is 7.05 Å². The third-order valence-corrected chi connectivity index (χ3v) is 3.48. The average molecular weight is 292 g/mol. The third kappa shape index (κ3) is 3.16. The molecular formula is C15H20N2O4. The Balaban J connectivity index is 2.08. The van der Waals surface area contributed by atoms with Crippen molar-refractivity contribution in [1.82, 2.24) is 10.2 Å². The maximum absolute atomic E-state index is 11.8. The second-order valence-corrected chi connectivity index (χ2v) is 4.81. The normalized spacial score (nSPS) is 18.2. The monoisotopic (exact) mass is 292 g/mol. The summed E-state index contributed by atoms with van der Waals surface area (Å²) in [4.78, 5) is 24.5. The Bertz CT molecular complexity index is 544. The van der Waals surface area contributed by atoms with Crippen LogP contribution < -0.4 is 14.8 Å². The van der Waals surface area contributed by atoms with Gasteiger partial charge in [0.05, 0.1) is 26.2 Å². The molecular weight excluding hydrogens is 272 g/mol. The molecule has 1 aromatic rings. The number of imide groups is 1. The number of benzene rings is 1. The van der Waals surface area contributed by atoms with E-state index in [2.05, 4.69) is 5.32 Å². The summed E-state index contributed by atoms with van der Waals surface area (Å²) < 4.78 is 10.9. The second kappa shape index (κ2) is 6.58. The van der Waals surface area contributed by atoms with Crippen LogP contribution in [0.15, 0.2) is 18.2 Å². The number of carbonyl (C=O) groups is 2. The van der Waals surface area contributed by atoms with Crippen LogP contribution >= 0.6 is 0 Å². The predicted octanol–water partition coefficient (Wildman–Crippen LogP) is 0.941. The predicted molar refractivity (Wildman–Crippen MR) is 77.2 cm³/mol. The average Bonchev–Trinajstić information content (AvgIpc) is 2.73. The van der Waals surface area contributed by atoms with Crippen molar-refractivity contribution in [2.45, 2.75) is 25.9 Å². The van der Waals surface area contributed by atoms with Crippen molar-refractivity contribution in [3.8, 4) is 11.5 Å². The SMILES string of the molecule is CCOc1cccc(CNC2CC(=O)N(C)C2=O)c1OC. The van der Waals surface area contributed by atoms with E-state index in [4.69, 9.17) is 9.47 Å². The summed E-state index contributed by atoms with van der Waals surface area (Å²) in [5, 5.41) is 3.10. The number of carbonyl (C=O) groups excluding carboxylic acids is 2. The van der Waals surface area contributed by atoms with Crippen molar-refractivity contribution >= 4 is 11.8 Å². The molecule has 0 saturated carbocycles. The van der Waals surface area contributed by atoms with Gasteiger partial charge in [-0.15, -0.1) is 0 Å². The highest BCUT2D eigenvalue weighted by atomic mass is 16.5. The quantitative estimate of drug-likeness (QED) is 0.790. The van der Waals surface area contributed by atoms with Crippen LogP contribution in [0.2, 0.25) is 0 Å². The highest BCUT2D eigenvalue weighted by Gasteiger charge is 2.35. The van der Waals surface area contributed by atoms with E-state index >= 15 is 0 Å². The first-order valence-electron chi connectivity index (χ1n) is 6.91. The number of amides is 2. The molecule has 2 rings (SSSR count). The van der Waals surface area contributed by atoms with Gasteiger partial charge in [-0.1, -0.05) is 12.1 Å². The first-order valence-corrected chi connectivity index (χ1v) is 6.91. The first-order chi connectivity index (χ1) is 10.1. The smallest absolute Gasteiger partial charge is 0.246 e. The molecule has 1 fully saturated rings. The molecule has 1 saturated heterocycles. The number of hydrogen-bond donors (Lipinski definition) is 1. The lowest BCUT2D eigenvalue weighted by Gasteiger charge is -2.16. The molecule has 1 heterocycles. The molecule has 0 radical (unpaired) electrons. The zero-order valence-corrected chi connectivity index (χ0v) is 12.5. The maximum Gasteiger partial charge on any atom is 0.246 e. The van der Waals surface area contributed by atoms with E-state index in [0.717, 1.165) is 10.5 Å². The van der Waals surface area contributed by atoms with Crippen LogP contribution in [-0.2, 0) is 16.1 Å². The van der Waals surface area contributed by atoms with Gasteiger partial charge in [0.25, 0.3) is 0 Å². The molecule has 1 N–H and O–H groups in total. The summed E-state index contributed by atoms with van der Waals surface area (Å²) in [5.41, 5.74) is 0.887. The molecule has 0 aromatic heterocycles. The van der Waals surface area contributed by atoms with E-state index in [1.807, 2.05) is 25.1 Å². The number of hydrogen-bond acceptors (Lipinski definition) is 5. The fourth-order valence-corrected chi connectivity index (χ4v) is 2.35. The van der Waals surface area contributed by atoms with Gasteiger partial charge in [-0.3, -0.25) is 14.5 Å². The highest BCUT2D eigenvalue weighted by Crippen LogP contribution is 2.31. The Morgan fingerprint density at radius 3 is 2.71 bits per heavy atom. The van der Waals surface area contributed by atoms with Gasteiger partial charge >= 0.3 is 0 Å². The van der Waals surface area contributed by atoms with Crippen LogP contribution in [-0.4, -0.2) is 43.5 Å². The molecule has 0 spiro atoms. The maximum atomic E-state index is 11.8. The van der Waals surface area contributed by atoms with E-state index in [0.29, 0.717) is 24.7 Å². The van der Waals surface area contributed by atoms with Crippen LogP contribution in [0.4, 0.5) is 0 Å². The van der Waals surface area contributed by atoms with Crippen molar-refractivity contribution < 1.29 is 19.1 Å². The number of ether oxygens (including phenoxy) is 2. The van der Waals surface area contributed by atoms with Crippen molar-refractivity contribution in [3.63, 3.8) is 0 Å². The molecule has 1 aliphatic heterocycles. The summed E-state index contributed by atoms with van der Waals surface area (Å²) >= 11 is 0. The van der Waals surface area contributed by atoms with Gasteiger partial charge in [-0.2, -0.15) is 0 Å². The minimum atomic E-state index is -0.469. The molecule has 1 aliphatic rings. The summed E-state index contributed by atoms with van der Waals surface area (Å²) in [5.74, 6) is 0.967. The zero-order valence-electron chi connectivity index (χ0n) is 12.5. The number of nitrogens with one attached hydrogen (secondary N) is 1. The van der Waals surface area contributed by atoms with Gasteiger partial charge in [-0.05, 0) is 13.0 Å². The fraction of sp³-hybridized carbons (Fsp3) is 0.467. The molecule has 1 atom stereocenters. The summed E-state index contributed by atoms with van der Waals surface area (Å²) in [6.45, 7) is 2.89. The fourth-order valence-electron chi connectivity index (χ4n) is 2.35. The third-order valence-electron chi connectivity index (χ3n) is 3.48. The lowest BCUT2D eigenvalue weighted by Crippen LogP contribution is -2.36. The first kappa shape index (κ1) is 15.3. The van der Waals surface area contributed by atoms with E-state index < -0.39 is 6.04 Å². The molecule has 1 aromatic carbocycles. The van der Waals surface area contributed by atoms with Gasteiger partial charge in [0, 0.05) is 19.2 Å². The Hall–Kier alpha value is -2.08. The largest absolute Gasteiger partial charge is 0.493 e. The van der Waals surface area contributed by atoms with E-state index in [1.54, 1.807) is 7.11 Å². The molecule has 6 heteroatoms. The highest BCUT2D eigenvalue weighted by molar-refractivity contribution is 6.05. The van der Waals surface area contributed by atoms with Crippen LogP contribution in [0.5, 0.6) is 11.5 Å². The number of para-hydroxylation sites is 1. The topological polar surface area (TPSA) is 67.9 Å². The molecule has 114 valence electrons. The summed E-state index contributed by atoms with van der Waals surface area (Å²) in [7, 11) is 3.09. The van der Waals surface area contributed by atoms with Crippen molar-refractivity contribution in [2.24, 2.45) is 0 Å². The van der Waals surface area contributed by atoms with Crippen molar-refractivity contribution in [2.75, 3.05) is 20.8 Å². The lowest BCUT2D eigenvalue weighted by atomic mass is 10.1. The minimum Gasteiger partial charge on any atom is -0.493 e. The Morgan fingerprint density at radius 1 is 1.38 bits per heavy atom. The van der Waals surface area contributed by atoms with Gasteiger partial charge in [-0.25, -0.2) is 0 Å². The lowest BCUT2D eigenvalue weighted by molar-refractivity contribution is -0.137. The van der Waals surface area contributed by atoms with Crippen molar-refractivity contribution in [3.05, 3.63) is 23.8 Å². The van der Waals surface area contributed by atoms with Crippen LogP contribution in [0.1, 0.15) is 18.9 Å². The number of methoxy groups -OCH3 is 1. The zero-order chi connectivity index (χ0) is 15.4. The standard InChI is InChI=1S/C15H20N2O4/c1-4-21-12-7-5-6-10(14(12)20-3)9-16-11-8-13(18)17(2)15(11)19/h5-7,11,16H,4,8-9H2,1-3H3. The molecule has 0 aliphatic carbocycles. The second-order valence-electron chi connectivity index (χ2n) is 4.81. The van der Waals surface area contributed by atoms with E-state index in [-0.39, 0.29) is 18.2 Å². The van der Waals surface area contributed by atoms with Gasteiger partial charge in [0.2, 0.25) is 11.8 Å². The minimum absolute atomic E-state index is 0.160. The van der Waals surface area contributed by atoms with Gasteiger partial charge < -0.3 is 14.8 Å². The number of likely N-dealkylation sites (tertiary alicyclic amines) is 1. The number of nitrogens with zero attached hydrogens (tertiary/aromatic N) is 1. The van der Waals surface area contributed by atoms with Gasteiger partial charge in [0.1, 0.15) is 0 Å². The van der Waals surface area contributed by atoms with Gasteiger partial charge in [0.15, 0.2) is 11.5 Å². The molecule has 6 nitrogen and oxygen atoms in total. The summed E-state index contributed by atoms with van der Waals surface area (Å²) in [6, 6.07) is 5.14.